The van der Waals surface area contributed by atoms with Gasteiger partial charge in [-0.2, -0.15) is 5.26 Å². The molecule has 29 heavy (non-hydrogen) atoms. The third kappa shape index (κ3) is 2.40. The largest absolute Gasteiger partial charge is 0.360 e. The van der Waals surface area contributed by atoms with Gasteiger partial charge in [-0.1, -0.05) is 5.92 Å². The summed E-state index contributed by atoms with van der Waals surface area (Å²) < 4.78 is 0. The van der Waals surface area contributed by atoms with Gasteiger partial charge in [-0.05, 0) is 37.3 Å². The van der Waals surface area contributed by atoms with E-state index in [1.807, 2.05) is 37.4 Å². The Hall–Kier alpha value is -4.42. The molecular formula is C23H14N6. The van der Waals surface area contributed by atoms with E-state index in [9.17, 15) is 5.26 Å². The third-order valence-electron chi connectivity index (χ3n) is 4.95. The summed E-state index contributed by atoms with van der Waals surface area (Å²) in [6.45, 7) is 1.84. The van der Waals surface area contributed by atoms with Crippen molar-refractivity contribution in [2.24, 2.45) is 4.99 Å². The average molecular weight is 374 g/mol. The number of H-pyrrole nitrogens is 2. The molecular weight excluding hydrogens is 360 g/mol. The van der Waals surface area contributed by atoms with Crippen LogP contribution in [0.25, 0.3) is 44.2 Å². The van der Waals surface area contributed by atoms with Crippen LogP contribution in [0, 0.1) is 23.7 Å². The molecule has 6 nitrogen and oxygen atoms in total. The SMILES string of the molecule is C#Cc1c(N=CC)c2ncccc2c2[nH]c(-c3c[nH]c4ccc(C#N)cc34)nc12. The second-order valence-electron chi connectivity index (χ2n) is 6.54. The van der Waals surface area contributed by atoms with Crippen molar-refractivity contribution in [2.45, 2.75) is 6.92 Å². The molecule has 0 saturated heterocycles. The second-order valence-corrected chi connectivity index (χ2v) is 6.54. The number of benzene rings is 2. The standard InChI is InChI=1S/C23H14N6/c1-3-14-19(25-4-2)20-15(6-5-9-26-20)22-21(14)28-23(29-22)17-12-27-18-8-7-13(11-24)10-16(17)18/h1,4-10,12,27H,2H3,(H,28,29). The highest BCUT2D eigenvalue weighted by molar-refractivity contribution is 6.13. The minimum absolute atomic E-state index is 0.591. The highest BCUT2D eigenvalue weighted by atomic mass is 14.9. The minimum atomic E-state index is 0.591. The van der Waals surface area contributed by atoms with E-state index in [4.69, 9.17) is 11.4 Å². The molecule has 2 N–H and O–H groups in total. The van der Waals surface area contributed by atoms with E-state index < -0.39 is 0 Å². The van der Waals surface area contributed by atoms with Crippen molar-refractivity contribution in [1.82, 2.24) is 19.9 Å². The van der Waals surface area contributed by atoms with Crippen LogP contribution in [0.3, 0.4) is 0 Å². The van der Waals surface area contributed by atoms with Gasteiger partial charge in [-0.25, -0.2) is 4.98 Å². The maximum absolute atomic E-state index is 9.25. The summed E-state index contributed by atoms with van der Waals surface area (Å²) in [5.74, 6) is 3.41. The van der Waals surface area contributed by atoms with Gasteiger partial charge in [-0.15, -0.1) is 6.42 Å². The van der Waals surface area contributed by atoms with Crippen LogP contribution in [-0.4, -0.2) is 26.2 Å². The average Bonchev–Trinajstić information content (AvgIpc) is 3.38. The zero-order valence-electron chi connectivity index (χ0n) is 15.5. The number of imidazole rings is 1. The Morgan fingerprint density at radius 2 is 2.10 bits per heavy atom. The molecule has 0 aliphatic rings. The van der Waals surface area contributed by atoms with E-state index in [0.717, 1.165) is 32.9 Å². The van der Waals surface area contributed by atoms with Crippen molar-refractivity contribution in [1.29, 1.82) is 5.26 Å². The van der Waals surface area contributed by atoms with Gasteiger partial charge in [0, 0.05) is 40.5 Å². The molecule has 5 rings (SSSR count). The van der Waals surface area contributed by atoms with Crippen LogP contribution in [-0.2, 0) is 0 Å². The molecule has 0 amide bonds. The van der Waals surface area contributed by atoms with Crippen LogP contribution < -0.4 is 0 Å². The quantitative estimate of drug-likeness (QED) is 0.342. The minimum Gasteiger partial charge on any atom is -0.360 e. The van der Waals surface area contributed by atoms with Crippen LogP contribution in [0.4, 0.5) is 5.69 Å². The molecule has 0 unspecified atom stereocenters. The van der Waals surface area contributed by atoms with Crippen LogP contribution in [0.15, 0.2) is 47.7 Å². The van der Waals surface area contributed by atoms with Crippen LogP contribution in [0.5, 0.6) is 0 Å². The van der Waals surface area contributed by atoms with Gasteiger partial charge in [-0.3, -0.25) is 9.98 Å². The van der Waals surface area contributed by atoms with Crippen LogP contribution >= 0.6 is 0 Å². The number of nitrogens with one attached hydrogen (secondary N) is 2. The maximum atomic E-state index is 9.25. The lowest BCUT2D eigenvalue weighted by Gasteiger charge is -2.05. The third-order valence-corrected chi connectivity index (χ3v) is 4.95. The molecule has 0 spiro atoms. The van der Waals surface area contributed by atoms with Gasteiger partial charge < -0.3 is 9.97 Å². The number of pyridine rings is 1. The molecule has 0 atom stereocenters. The van der Waals surface area contributed by atoms with Crippen LogP contribution in [0.1, 0.15) is 18.1 Å². The monoisotopic (exact) mass is 374 g/mol. The van der Waals surface area contributed by atoms with Crippen molar-refractivity contribution < 1.29 is 0 Å². The molecule has 0 bridgehead atoms. The van der Waals surface area contributed by atoms with Gasteiger partial charge in [0.05, 0.1) is 28.2 Å². The van der Waals surface area contributed by atoms with Gasteiger partial charge in [0.1, 0.15) is 17.0 Å². The first kappa shape index (κ1) is 16.7. The number of rotatable bonds is 2. The smallest absolute Gasteiger partial charge is 0.140 e. The summed E-state index contributed by atoms with van der Waals surface area (Å²) in [6.07, 6.45) is 11.2. The Balaban J connectivity index is 1.88. The Kier molecular flexibility index (Phi) is 3.65. The molecule has 3 heterocycles. The van der Waals surface area contributed by atoms with E-state index in [0.29, 0.717) is 28.2 Å². The van der Waals surface area contributed by atoms with Crippen molar-refractivity contribution in [2.75, 3.05) is 0 Å². The van der Waals surface area contributed by atoms with E-state index >= 15 is 0 Å². The molecule has 3 aromatic heterocycles. The fourth-order valence-corrected chi connectivity index (χ4v) is 3.68. The predicted molar refractivity (Wildman–Crippen MR) is 115 cm³/mol. The molecule has 0 aliphatic heterocycles. The Bertz CT molecular complexity index is 1540. The molecule has 136 valence electrons. The lowest BCUT2D eigenvalue weighted by molar-refractivity contribution is 1.34. The predicted octanol–water partition coefficient (Wildman–Crippen LogP) is 4.83. The number of nitrogens with zero attached hydrogens (tertiary/aromatic N) is 4. The Labute approximate surface area is 166 Å². The van der Waals surface area contributed by atoms with Crippen molar-refractivity contribution >= 4 is 44.7 Å². The first-order valence-corrected chi connectivity index (χ1v) is 9.02. The van der Waals surface area contributed by atoms with Gasteiger partial charge >= 0.3 is 0 Å². The van der Waals surface area contributed by atoms with Crippen molar-refractivity contribution in [3.8, 4) is 29.8 Å². The number of hydrogen-bond donors (Lipinski definition) is 2. The summed E-state index contributed by atoms with van der Waals surface area (Å²) in [5, 5.41) is 11.1. The molecule has 6 heteroatoms. The molecule has 2 aromatic carbocycles. The lowest BCUT2D eigenvalue weighted by atomic mass is 10.1. The van der Waals surface area contributed by atoms with E-state index in [1.165, 1.54) is 0 Å². The van der Waals surface area contributed by atoms with E-state index in [1.54, 1.807) is 18.5 Å². The maximum Gasteiger partial charge on any atom is 0.140 e. The fourth-order valence-electron chi connectivity index (χ4n) is 3.68. The van der Waals surface area contributed by atoms with Gasteiger partial charge in [0.25, 0.3) is 0 Å². The number of aromatic nitrogens is 4. The molecule has 0 aliphatic carbocycles. The molecule has 0 saturated carbocycles. The van der Waals surface area contributed by atoms with Crippen molar-refractivity contribution in [3.63, 3.8) is 0 Å². The van der Waals surface area contributed by atoms with E-state index in [-0.39, 0.29) is 0 Å². The second kappa shape index (κ2) is 6.33. The highest BCUT2D eigenvalue weighted by Crippen LogP contribution is 2.37. The number of nitriles is 1. The van der Waals surface area contributed by atoms with E-state index in [2.05, 4.69) is 31.9 Å². The number of terminal acetylenes is 1. The molecule has 0 fully saturated rings. The summed E-state index contributed by atoms with van der Waals surface area (Å²) in [6, 6.07) is 11.6. The normalized spacial score (nSPS) is 11.4. The fraction of sp³-hybridized carbons (Fsp3) is 0.0435. The summed E-state index contributed by atoms with van der Waals surface area (Å²) >= 11 is 0. The zero-order valence-corrected chi connectivity index (χ0v) is 15.5. The Morgan fingerprint density at radius 1 is 1.21 bits per heavy atom. The van der Waals surface area contributed by atoms with Crippen molar-refractivity contribution in [3.05, 3.63) is 53.9 Å². The number of aromatic amines is 2. The number of hydrogen-bond acceptors (Lipinski definition) is 4. The lowest BCUT2D eigenvalue weighted by Crippen LogP contribution is -1.87. The highest BCUT2D eigenvalue weighted by Gasteiger charge is 2.19. The topological polar surface area (TPSA) is 93.5 Å². The number of fused-ring (bicyclic) bond motifs is 4. The zero-order chi connectivity index (χ0) is 20.0. The summed E-state index contributed by atoms with van der Waals surface area (Å²) in [4.78, 5) is 20.4. The number of aliphatic imine (C=N–C) groups is 1. The van der Waals surface area contributed by atoms with Crippen LogP contribution in [0.2, 0.25) is 0 Å². The molecule has 5 aromatic rings. The first-order chi connectivity index (χ1) is 14.2. The Morgan fingerprint density at radius 3 is 2.90 bits per heavy atom. The molecule has 0 radical (unpaired) electrons. The van der Waals surface area contributed by atoms with Gasteiger partial charge in [0.15, 0.2) is 0 Å². The first-order valence-electron chi connectivity index (χ1n) is 9.02. The van der Waals surface area contributed by atoms with Gasteiger partial charge in [0.2, 0.25) is 0 Å². The summed E-state index contributed by atoms with van der Waals surface area (Å²) in [5.41, 5.74) is 5.85. The summed E-state index contributed by atoms with van der Waals surface area (Å²) in [7, 11) is 0.